The van der Waals surface area contributed by atoms with Crippen molar-refractivity contribution in [3.8, 4) is 11.5 Å². The fraction of sp³-hybridized carbons (Fsp3) is 0.500. The number of rotatable bonds is 3. The molecule has 1 unspecified atom stereocenters. The summed E-state index contributed by atoms with van der Waals surface area (Å²) in [7, 11) is 0. The van der Waals surface area contributed by atoms with Crippen molar-refractivity contribution in [1.29, 1.82) is 0 Å². The van der Waals surface area contributed by atoms with E-state index in [0.717, 1.165) is 25.2 Å². The molecule has 19 heavy (non-hydrogen) atoms. The van der Waals surface area contributed by atoms with Gasteiger partial charge in [-0.3, -0.25) is 4.90 Å². The van der Waals surface area contributed by atoms with Crippen LogP contribution in [0.5, 0.6) is 0 Å². The van der Waals surface area contributed by atoms with Crippen molar-refractivity contribution in [3.63, 3.8) is 0 Å². The molecule has 3 heterocycles. The zero-order valence-electron chi connectivity index (χ0n) is 10.7. The molecule has 0 bridgehead atoms. The molecular formula is C12H16N4O2S. The predicted octanol–water partition coefficient (Wildman–Crippen LogP) is 1.77. The topological polar surface area (TPSA) is 77.4 Å². The largest absolute Gasteiger partial charge is 0.390 e. The fourth-order valence-electron chi connectivity index (χ4n) is 2.12. The third kappa shape index (κ3) is 2.49. The predicted molar refractivity (Wildman–Crippen MR) is 72.8 cm³/mol. The Morgan fingerprint density at radius 2 is 2.47 bits per heavy atom. The Kier molecular flexibility index (Phi) is 3.50. The van der Waals surface area contributed by atoms with E-state index in [4.69, 9.17) is 15.0 Å². The standard InChI is InChI=1S/C12H16N4O2S/c1-2-16-4-5-17-9(7-16)11-14-12(18-15-11)8-3-6-19-10(8)13/h3,6,9H,2,4-5,7,13H2,1H3. The van der Waals surface area contributed by atoms with Gasteiger partial charge in [-0.25, -0.2) is 0 Å². The van der Waals surface area contributed by atoms with E-state index in [-0.39, 0.29) is 6.10 Å². The SMILES string of the molecule is CCN1CCOC(c2noc(-c3ccsc3N)n2)C1. The molecule has 1 aliphatic heterocycles. The van der Waals surface area contributed by atoms with Gasteiger partial charge in [0.25, 0.3) is 5.89 Å². The van der Waals surface area contributed by atoms with Gasteiger partial charge in [-0.1, -0.05) is 12.1 Å². The van der Waals surface area contributed by atoms with Gasteiger partial charge >= 0.3 is 0 Å². The molecule has 1 aliphatic rings. The maximum absolute atomic E-state index is 5.86. The maximum atomic E-state index is 5.86. The van der Waals surface area contributed by atoms with Crippen molar-refractivity contribution < 1.29 is 9.26 Å². The first-order valence-corrected chi connectivity index (χ1v) is 7.16. The van der Waals surface area contributed by atoms with E-state index in [1.807, 2.05) is 11.4 Å². The van der Waals surface area contributed by atoms with E-state index in [2.05, 4.69) is 22.0 Å². The number of anilines is 1. The minimum absolute atomic E-state index is 0.119. The van der Waals surface area contributed by atoms with Crippen LogP contribution < -0.4 is 5.73 Å². The lowest BCUT2D eigenvalue weighted by Crippen LogP contribution is -2.38. The van der Waals surface area contributed by atoms with Crippen molar-refractivity contribution in [1.82, 2.24) is 15.0 Å². The van der Waals surface area contributed by atoms with Crippen LogP contribution in [0.4, 0.5) is 5.00 Å². The molecule has 0 radical (unpaired) electrons. The number of thiophene rings is 1. The Bertz CT molecular complexity index is 553. The Morgan fingerprint density at radius 1 is 1.58 bits per heavy atom. The molecule has 3 rings (SSSR count). The van der Waals surface area contributed by atoms with Gasteiger partial charge < -0.3 is 15.0 Å². The molecule has 0 spiro atoms. The van der Waals surface area contributed by atoms with Crippen molar-refractivity contribution >= 4 is 16.3 Å². The summed E-state index contributed by atoms with van der Waals surface area (Å²) in [5.41, 5.74) is 6.65. The number of ether oxygens (including phenoxy) is 1. The molecule has 6 nitrogen and oxygen atoms in total. The van der Waals surface area contributed by atoms with Crippen LogP contribution in [0.2, 0.25) is 0 Å². The molecule has 2 aromatic heterocycles. The zero-order chi connectivity index (χ0) is 13.2. The van der Waals surface area contributed by atoms with Crippen LogP contribution in [0.15, 0.2) is 16.0 Å². The van der Waals surface area contributed by atoms with E-state index < -0.39 is 0 Å². The average Bonchev–Trinajstić information content (AvgIpc) is 3.07. The summed E-state index contributed by atoms with van der Waals surface area (Å²) < 4.78 is 11.0. The molecule has 7 heteroatoms. The van der Waals surface area contributed by atoms with Gasteiger partial charge in [0.15, 0.2) is 0 Å². The number of hydrogen-bond acceptors (Lipinski definition) is 7. The summed E-state index contributed by atoms with van der Waals surface area (Å²) in [6.45, 7) is 5.59. The first kappa shape index (κ1) is 12.6. The third-order valence-corrected chi connectivity index (χ3v) is 4.00. The highest BCUT2D eigenvalue weighted by Crippen LogP contribution is 2.30. The monoisotopic (exact) mass is 280 g/mol. The van der Waals surface area contributed by atoms with Gasteiger partial charge in [0.05, 0.1) is 17.2 Å². The lowest BCUT2D eigenvalue weighted by atomic mass is 10.2. The van der Waals surface area contributed by atoms with E-state index in [0.29, 0.717) is 23.3 Å². The Balaban J connectivity index is 1.79. The van der Waals surface area contributed by atoms with Gasteiger partial charge in [-0.05, 0) is 18.0 Å². The minimum atomic E-state index is -0.119. The number of aromatic nitrogens is 2. The summed E-state index contributed by atoms with van der Waals surface area (Å²) in [4.78, 5) is 6.71. The molecule has 0 aliphatic carbocycles. The van der Waals surface area contributed by atoms with Crippen molar-refractivity contribution in [3.05, 3.63) is 17.3 Å². The van der Waals surface area contributed by atoms with E-state index in [1.54, 1.807) is 0 Å². The molecule has 1 saturated heterocycles. The third-order valence-electron chi connectivity index (χ3n) is 3.25. The number of nitrogens with zero attached hydrogens (tertiary/aromatic N) is 3. The van der Waals surface area contributed by atoms with Crippen molar-refractivity contribution in [2.45, 2.75) is 13.0 Å². The normalized spacial score (nSPS) is 20.8. The molecule has 2 N–H and O–H groups in total. The Labute approximate surface area is 115 Å². The van der Waals surface area contributed by atoms with Gasteiger partial charge in [0.2, 0.25) is 5.82 Å². The lowest BCUT2D eigenvalue weighted by molar-refractivity contribution is -0.0334. The van der Waals surface area contributed by atoms with Crippen molar-refractivity contribution in [2.75, 3.05) is 32.0 Å². The van der Waals surface area contributed by atoms with Gasteiger partial charge in [-0.2, -0.15) is 4.98 Å². The van der Waals surface area contributed by atoms with Crippen LogP contribution in [0.1, 0.15) is 18.9 Å². The highest BCUT2D eigenvalue weighted by molar-refractivity contribution is 7.14. The first-order chi connectivity index (χ1) is 9.28. The molecule has 2 aromatic rings. The number of morpholine rings is 1. The fourth-order valence-corrected chi connectivity index (χ4v) is 2.75. The first-order valence-electron chi connectivity index (χ1n) is 6.29. The summed E-state index contributed by atoms with van der Waals surface area (Å²) in [6, 6.07) is 1.89. The van der Waals surface area contributed by atoms with Crippen LogP contribution >= 0.6 is 11.3 Å². The summed E-state index contributed by atoms with van der Waals surface area (Å²) in [5.74, 6) is 1.06. The molecule has 0 saturated carbocycles. The van der Waals surface area contributed by atoms with Crippen LogP contribution in [0.25, 0.3) is 11.5 Å². The second-order valence-corrected chi connectivity index (χ2v) is 5.36. The van der Waals surface area contributed by atoms with Crippen LogP contribution in [0.3, 0.4) is 0 Å². The number of hydrogen-bond donors (Lipinski definition) is 1. The molecular weight excluding hydrogens is 264 g/mol. The minimum Gasteiger partial charge on any atom is -0.390 e. The quantitative estimate of drug-likeness (QED) is 0.923. The van der Waals surface area contributed by atoms with E-state index in [9.17, 15) is 0 Å². The lowest BCUT2D eigenvalue weighted by Gasteiger charge is -2.30. The zero-order valence-corrected chi connectivity index (χ0v) is 11.5. The van der Waals surface area contributed by atoms with Gasteiger partial charge in [-0.15, -0.1) is 11.3 Å². The summed E-state index contributed by atoms with van der Waals surface area (Å²) >= 11 is 1.46. The van der Waals surface area contributed by atoms with Crippen molar-refractivity contribution in [2.24, 2.45) is 0 Å². The molecule has 0 amide bonds. The summed E-state index contributed by atoms with van der Waals surface area (Å²) in [5, 5.41) is 6.61. The summed E-state index contributed by atoms with van der Waals surface area (Å²) in [6.07, 6.45) is -0.119. The molecule has 1 fully saturated rings. The van der Waals surface area contributed by atoms with Gasteiger partial charge in [0, 0.05) is 13.1 Å². The average molecular weight is 280 g/mol. The highest BCUT2D eigenvalue weighted by Gasteiger charge is 2.26. The molecule has 0 aromatic carbocycles. The number of likely N-dealkylation sites (N-methyl/N-ethyl adjacent to an activating group) is 1. The smallest absolute Gasteiger partial charge is 0.261 e. The maximum Gasteiger partial charge on any atom is 0.261 e. The number of nitrogens with two attached hydrogens (primary N) is 1. The van der Waals surface area contributed by atoms with Crippen LogP contribution in [-0.2, 0) is 4.74 Å². The van der Waals surface area contributed by atoms with Gasteiger partial charge in [0.1, 0.15) is 6.10 Å². The Hall–Kier alpha value is -1.44. The molecule has 1 atom stereocenters. The van der Waals surface area contributed by atoms with E-state index >= 15 is 0 Å². The highest BCUT2D eigenvalue weighted by atomic mass is 32.1. The van der Waals surface area contributed by atoms with Crippen LogP contribution in [0, 0.1) is 0 Å². The van der Waals surface area contributed by atoms with Crippen LogP contribution in [-0.4, -0.2) is 41.3 Å². The second kappa shape index (κ2) is 5.28. The Morgan fingerprint density at radius 3 is 3.21 bits per heavy atom. The van der Waals surface area contributed by atoms with E-state index in [1.165, 1.54) is 11.3 Å². The second-order valence-electron chi connectivity index (χ2n) is 4.41. The molecule has 102 valence electrons. The number of nitrogen functional groups attached to an aromatic ring is 1.